The molecule has 0 bridgehead atoms. The van der Waals surface area contributed by atoms with E-state index in [1.165, 1.54) is 18.0 Å². The number of aldehydes is 1. The minimum atomic E-state index is -0.705. The van der Waals surface area contributed by atoms with Gasteiger partial charge in [-0.05, 0) is 6.42 Å². The van der Waals surface area contributed by atoms with Crippen LogP contribution < -0.4 is 9.88 Å². The molecule has 0 aliphatic carbocycles. The molecule has 1 N–H and O–H groups in total. The fraction of sp³-hybridized carbons (Fsp3) is 0.357. The second kappa shape index (κ2) is 5.82. The molecule has 0 aromatic carbocycles. The Bertz CT molecular complexity index is 627. The molecule has 1 aromatic rings. The molecule has 3 amide bonds. The third kappa shape index (κ3) is 2.96. The minimum Gasteiger partial charge on any atom is -0.330 e. The molecule has 1 unspecified atom stereocenters. The average Bonchev–Trinajstić information content (AvgIpc) is 2.45. The van der Waals surface area contributed by atoms with E-state index >= 15 is 0 Å². The molecule has 1 saturated heterocycles. The fourth-order valence-corrected chi connectivity index (χ4v) is 2.29. The summed E-state index contributed by atoms with van der Waals surface area (Å²) >= 11 is 0. The molecule has 110 valence electrons. The zero-order valence-corrected chi connectivity index (χ0v) is 11.8. The number of likely N-dealkylation sites (N-methyl/N-ethyl adjacent to an activating group) is 1. The van der Waals surface area contributed by atoms with Crippen molar-refractivity contribution in [2.75, 3.05) is 7.05 Å². The maximum atomic E-state index is 12.5. The van der Waals surface area contributed by atoms with Gasteiger partial charge in [-0.2, -0.15) is 0 Å². The van der Waals surface area contributed by atoms with Gasteiger partial charge in [-0.15, -0.1) is 0 Å². The molecule has 7 nitrogen and oxygen atoms in total. The normalized spacial score (nSPS) is 18.1. The molecule has 7 heteroatoms. The van der Waals surface area contributed by atoms with Crippen molar-refractivity contribution in [2.24, 2.45) is 7.05 Å². The second-order valence-electron chi connectivity index (χ2n) is 4.98. The van der Waals surface area contributed by atoms with Gasteiger partial charge in [-0.3, -0.25) is 24.5 Å². The number of aryl methyl sites for hydroxylation is 1. The van der Waals surface area contributed by atoms with Crippen LogP contribution in [-0.4, -0.2) is 42.0 Å². The maximum absolute atomic E-state index is 12.5. The van der Waals surface area contributed by atoms with E-state index in [0.717, 1.165) is 0 Å². The van der Waals surface area contributed by atoms with E-state index in [9.17, 15) is 19.2 Å². The van der Waals surface area contributed by atoms with Crippen molar-refractivity contribution >= 4 is 24.0 Å². The third-order valence-electron chi connectivity index (χ3n) is 3.49. The number of aromatic nitrogens is 1. The van der Waals surface area contributed by atoms with Crippen molar-refractivity contribution in [3.8, 4) is 0 Å². The molecule has 1 fully saturated rings. The molecule has 1 aliphatic rings. The summed E-state index contributed by atoms with van der Waals surface area (Å²) < 4.78 is 1.66. The Hall–Kier alpha value is -2.57. The molecule has 21 heavy (non-hydrogen) atoms. The van der Waals surface area contributed by atoms with Gasteiger partial charge in [0.2, 0.25) is 11.8 Å². The lowest BCUT2D eigenvalue weighted by molar-refractivity contribution is -0.671. The molecule has 2 rings (SSSR count). The van der Waals surface area contributed by atoms with Crippen LogP contribution in [0.4, 0.5) is 0 Å². The maximum Gasteiger partial charge on any atom is 0.255 e. The van der Waals surface area contributed by atoms with E-state index in [2.05, 4.69) is 5.32 Å². The highest BCUT2D eigenvalue weighted by molar-refractivity contribution is 6.05. The minimum absolute atomic E-state index is 0.193. The van der Waals surface area contributed by atoms with Crippen LogP contribution in [0.3, 0.4) is 0 Å². The standard InChI is InChI=1S/C14H15N3O4/c1-16-6-5-10(9(7-16)8-18)14(21)17(2)11-3-4-12(19)15-13(11)20/h5-8,11H,3-4H2,1-2H3/p+1. The quantitative estimate of drug-likeness (QED) is 0.448. The second-order valence-corrected chi connectivity index (χ2v) is 4.98. The summed E-state index contributed by atoms with van der Waals surface area (Å²) in [7, 11) is 3.23. The van der Waals surface area contributed by atoms with Crippen LogP contribution in [0.2, 0.25) is 0 Å². The number of hydrogen-bond donors (Lipinski definition) is 1. The molecule has 2 heterocycles. The predicted molar refractivity (Wildman–Crippen MR) is 71.3 cm³/mol. The Morgan fingerprint density at radius 2 is 2.19 bits per heavy atom. The zero-order chi connectivity index (χ0) is 15.6. The predicted octanol–water partition coefficient (Wildman–Crippen LogP) is -0.799. The molecule has 0 saturated carbocycles. The number of imide groups is 1. The summed E-state index contributed by atoms with van der Waals surface area (Å²) in [4.78, 5) is 47.7. The van der Waals surface area contributed by atoms with E-state index in [0.29, 0.717) is 6.29 Å². The van der Waals surface area contributed by atoms with Crippen LogP contribution >= 0.6 is 0 Å². The van der Waals surface area contributed by atoms with Gasteiger partial charge in [0, 0.05) is 19.5 Å². The Labute approximate surface area is 121 Å². The Kier molecular flexibility index (Phi) is 4.11. The summed E-state index contributed by atoms with van der Waals surface area (Å²) in [6.45, 7) is 0. The molecular weight excluding hydrogens is 274 g/mol. The first-order valence-electron chi connectivity index (χ1n) is 6.49. The number of hydrogen-bond acceptors (Lipinski definition) is 4. The van der Waals surface area contributed by atoms with Crippen LogP contribution in [0.1, 0.15) is 33.6 Å². The van der Waals surface area contributed by atoms with E-state index in [1.54, 1.807) is 24.0 Å². The lowest BCUT2D eigenvalue weighted by Gasteiger charge is -2.29. The summed E-state index contributed by atoms with van der Waals surface area (Å²) in [5.74, 6) is -1.25. The monoisotopic (exact) mass is 290 g/mol. The van der Waals surface area contributed by atoms with Gasteiger partial charge < -0.3 is 4.90 Å². The number of carbonyl (C=O) groups is 4. The molecule has 0 radical (unpaired) electrons. The molecule has 1 atom stereocenters. The Balaban J connectivity index is 2.25. The first-order valence-corrected chi connectivity index (χ1v) is 6.49. The average molecular weight is 290 g/mol. The smallest absolute Gasteiger partial charge is 0.255 e. The van der Waals surface area contributed by atoms with Crippen molar-refractivity contribution < 1.29 is 23.7 Å². The molecule has 1 aliphatic heterocycles. The number of carbonyl (C=O) groups excluding carboxylic acids is 4. The summed E-state index contributed by atoms with van der Waals surface area (Å²) in [6, 6.07) is 0.831. The van der Waals surface area contributed by atoms with Crippen LogP contribution in [0.25, 0.3) is 0 Å². The number of piperidine rings is 1. The number of rotatable bonds is 3. The van der Waals surface area contributed by atoms with Gasteiger partial charge in [0.25, 0.3) is 5.91 Å². The Morgan fingerprint density at radius 1 is 1.48 bits per heavy atom. The largest absolute Gasteiger partial charge is 0.330 e. The van der Waals surface area contributed by atoms with Crippen LogP contribution in [0.5, 0.6) is 0 Å². The van der Waals surface area contributed by atoms with Crippen LogP contribution in [0.15, 0.2) is 18.5 Å². The van der Waals surface area contributed by atoms with Gasteiger partial charge in [0.05, 0.1) is 11.1 Å². The van der Waals surface area contributed by atoms with E-state index < -0.39 is 17.9 Å². The highest BCUT2D eigenvalue weighted by atomic mass is 16.2. The lowest BCUT2D eigenvalue weighted by atomic mass is 10.0. The highest BCUT2D eigenvalue weighted by Crippen LogP contribution is 2.15. The van der Waals surface area contributed by atoms with E-state index in [-0.39, 0.29) is 29.9 Å². The summed E-state index contributed by atoms with van der Waals surface area (Å²) in [5, 5.41) is 2.21. The number of pyridine rings is 1. The van der Waals surface area contributed by atoms with Crippen LogP contribution in [0, 0.1) is 0 Å². The summed E-state index contributed by atoms with van der Waals surface area (Å²) in [6.07, 6.45) is 4.27. The van der Waals surface area contributed by atoms with Gasteiger partial charge in [-0.25, -0.2) is 4.57 Å². The van der Waals surface area contributed by atoms with E-state index in [1.807, 2.05) is 0 Å². The van der Waals surface area contributed by atoms with Crippen molar-refractivity contribution in [3.05, 3.63) is 29.6 Å². The molecule has 0 spiro atoms. The molecular formula is C14H16N3O4+. The van der Waals surface area contributed by atoms with Crippen molar-refractivity contribution in [3.63, 3.8) is 0 Å². The molecule has 1 aromatic heterocycles. The topological polar surface area (TPSA) is 87.4 Å². The first kappa shape index (κ1) is 14.8. The Morgan fingerprint density at radius 3 is 2.81 bits per heavy atom. The van der Waals surface area contributed by atoms with Crippen LogP contribution in [-0.2, 0) is 16.6 Å². The van der Waals surface area contributed by atoms with Gasteiger partial charge in [0.15, 0.2) is 18.7 Å². The van der Waals surface area contributed by atoms with Gasteiger partial charge in [-0.1, -0.05) is 0 Å². The van der Waals surface area contributed by atoms with Crippen molar-refractivity contribution in [2.45, 2.75) is 18.9 Å². The number of amides is 3. The lowest BCUT2D eigenvalue weighted by Crippen LogP contribution is -2.53. The first-order chi connectivity index (χ1) is 9.93. The number of nitrogens with one attached hydrogen (secondary N) is 1. The zero-order valence-electron chi connectivity index (χ0n) is 11.8. The van der Waals surface area contributed by atoms with Gasteiger partial charge in [0.1, 0.15) is 13.1 Å². The summed E-state index contributed by atoms with van der Waals surface area (Å²) in [5.41, 5.74) is 0.486. The number of nitrogens with zero attached hydrogens (tertiary/aromatic N) is 2. The highest BCUT2D eigenvalue weighted by Gasteiger charge is 2.33. The fourth-order valence-electron chi connectivity index (χ4n) is 2.29. The van der Waals surface area contributed by atoms with Crippen molar-refractivity contribution in [1.29, 1.82) is 0 Å². The third-order valence-corrected chi connectivity index (χ3v) is 3.49. The SMILES string of the molecule is CN(C(=O)c1cc[n+](C)cc1C=O)C1CCC(=O)NC1=O. The van der Waals surface area contributed by atoms with E-state index in [4.69, 9.17) is 0 Å². The van der Waals surface area contributed by atoms with Gasteiger partial charge >= 0.3 is 0 Å². The van der Waals surface area contributed by atoms with Crippen molar-refractivity contribution in [1.82, 2.24) is 10.2 Å².